The number of carbonyl (C=O) groups excluding carboxylic acids is 1. The molecule has 0 aromatic heterocycles. The zero-order chi connectivity index (χ0) is 13.3. The summed E-state index contributed by atoms with van der Waals surface area (Å²) < 4.78 is 38.1. The van der Waals surface area contributed by atoms with Gasteiger partial charge >= 0.3 is 12.1 Å². The van der Waals surface area contributed by atoms with Crippen LogP contribution in [0.4, 0.5) is 13.2 Å². The molecule has 1 aromatic carbocycles. The van der Waals surface area contributed by atoms with Crippen LogP contribution in [0.25, 0.3) is 0 Å². The molecule has 0 bridgehead atoms. The van der Waals surface area contributed by atoms with Crippen LogP contribution < -0.4 is 4.74 Å². The lowest BCUT2D eigenvalue weighted by atomic mass is 10.2. The number of alkyl halides is 6. The normalized spacial score (nSPS) is 12.4. The molecule has 0 fully saturated rings. The van der Waals surface area contributed by atoms with Gasteiger partial charge in [0.05, 0.1) is 0 Å². The highest BCUT2D eigenvalue weighted by atomic mass is 35.6. The number of esters is 1. The van der Waals surface area contributed by atoms with Crippen molar-refractivity contribution in [3.8, 4) is 5.75 Å². The molecule has 0 N–H and O–H groups in total. The molecule has 0 heterocycles. The van der Waals surface area contributed by atoms with Crippen molar-refractivity contribution >= 4 is 40.8 Å². The first-order chi connectivity index (χ1) is 7.62. The van der Waals surface area contributed by atoms with E-state index in [0.29, 0.717) is 0 Å². The molecule has 1 rings (SSSR count). The van der Waals surface area contributed by atoms with Crippen LogP contribution in [-0.4, -0.2) is 12.1 Å². The highest BCUT2D eigenvalue weighted by Gasteiger charge is 2.42. The van der Waals surface area contributed by atoms with Crippen molar-refractivity contribution in [2.45, 2.75) is 9.97 Å². The van der Waals surface area contributed by atoms with E-state index >= 15 is 0 Å². The van der Waals surface area contributed by atoms with Crippen LogP contribution in [0, 0.1) is 0 Å². The van der Waals surface area contributed by atoms with Gasteiger partial charge in [-0.25, -0.2) is 4.79 Å². The van der Waals surface area contributed by atoms with Crippen molar-refractivity contribution in [1.82, 2.24) is 0 Å². The van der Waals surface area contributed by atoms with Gasteiger partial charge in [0.25, 0.3) is 0 Å². The van der Waals surface area contributed by atoms with Gasteiger partial charge in [0, 0.05) is 5.56 Å². The van der Waals surface area contributed by atoms with Crippen molar-refractivity contribution in [3.63, 3.8) is 0 Å². The van der Waals surface area contributed by atoms with Gasteiger partial charge in [0.15, 0.2) is 0 Å². The predicted molar refractivity (Wildman–Crippen MR) is 57.4 cm³/mol. The predicted octanol–water partition coefficient (Wildman–Crippen LogP) is 3.98. The summed E-state index contributed by atoms with van der Waals surface area (Å²) in [6.45, 7) is 0. The summed E-state index contributed by atoms with van der Waals surface area (Å²) in [5, 5.41) is 0. The van der Waals surface area contributed by atoms with Gasteiger partial charge in [-0.2, -0.15) is 13.2 Å². The Kier molecular flexibility index (Phi) is 4.17. The fourth-order valence-corrected chi connectivity index (χ4v) is 1.42. The molecule has 17 heavy (non-hydrogen) atoms. The number of hydrogen-bond acceptors (Lipinski definition) is 2. The van der Waals surface area contributed by atoms with E-state index < -0.39 is 21.7 Å². The maximum absolute atomic E-state index is 12.0. The molecule has 0 aliphatic heterocycles. The zero-order valence-electron chi connectivity index (χ0n) is 7.89. The number of benzene rings is 1. The minimum Gasteiger partial charge on any atom is -0.419 e. The Labute approximate surface area is 109 Å². The van der Waals surface area contributed by atoms with Crippen LogP contribution in [0.1, 0.15) is 5.56 Å². The number of halogens is 6. The molecule has 0 radical (unpaired) electrons. The fraction of sp³-hybridized carbons (Fsp3) is 0.222. The lowest BCUT2D eigenvalue weighted by Gasteiger charge is -2.16. The SMILES string of the molecule is O=C(Oc1ccccc1C(Cl)(Cl)Cl)C(F)(F)F. The number of rotatable bonds is 1. The summed E-state index contributed by atoms with van der Waals surface area (Å²) in [6, 6.07) is 5.12. The van der Waals surface area contributed by atoms with E-state index in [1.807, 2.05) is 0 Å². The minimum absolute atomic E-state index is 0.150. The first-order valence-electron chi connectivity index (χ1n) is 4.07. The van der Waals surface area contributed by atoms with Gasteiger partial charge in [-0.3, -0.25) is 0 Å². The van der Waals surface area contributed by atoms with E-state index in [4.69, 9.17) is 34.8 Å². The summed E-state index contributed by atoms with van der Waals surface area (Å²) in [5.41, 5.74) is -0.150. The largest absolute Gasteiger partial charge is 0.491 e. The number of ether oxygens (including phenoxy) is 1. The number of hydrogen-bond donors (Lipinski definition) is 0. The van der Waals surface area contributed by atoms with Gasteiger partial charge in [-0.1, -0.05) is 53.0 Å². The van der Waals surface area contributed by atoms with Crippen molar-refractivity contribution < 1.29 is 22.7 Å². The molecule has 8 heteroatoms. The van der Waals surface area contributed by atoms with Crippen LogP contribution in [0.3, 0.4) is 0 Å². The smallest absolute Gasteiger partial charge is 0.419 e. The van der Waals surface area contributed by atoms with Crippen LogP contribution in [-0.2, 0) is 8.59 Å². The topological polar surface area (TPSA) is 26.3 Å². The lowest BCUT2D eigenvalue weighted by Crippen LogP contribution is -2.28. The van der Waals surface area contributed by atoms with E-state index in [0.717, 1.165) is 6.07 Å². The first kappa shape index (κ1) is 14.4. The Hall–Kier alpha value is -0.650. The second-order valence-electron chi connectivity index (χ2n) is 2.88. The molecule has 0 saturated heterocycles. The highest BCUT2D eigenvalue weighted by Crippen LogP contribution is 2.43. The number of para-hydroxylation sites is 1. The Morgan fingerprint density at radius 3 is 2.12 bits per heavy atom. The molecule has 2 nitrogen and oxygen atoms in total. The average molecular weight is 307 g/mol. The zero-order valence-corrected chi connectivity index (χ0v) is 10.2. The number of carbonyl (C=O) groups is 1. The Balaban J connectivity index is 3.04. The fourth-order valence-electron chi connectivity index (χ4n) is 0.948. The Morgan fingerprint density at radius 2 is 1.65 bits per heavy atom. The standard InChI is InChI=1S/C9H4Cl3F3O2/c10-8(11,12)5-3-1-2-4-6(5)17-7(16)9(13,14)15/h1-4H. The molecule has 0 saturated carbocycles. The first-order valence-corrected chi connectivity index (χ1v) is 5.21. The molecule has 0 amide bonds. The summed E-state index contributed by atoms with van der Waals surface area (Å²) >= 11 is 16.6. The van der Waals surface area contributed by atoms with E-state index in [2.05, 4.69) is 4.74 Å². The third-order valence-corrected chi connectivity index (χ3v) is 2.24. The molecule has 0 atom stereocenters. The molecule has 0 spiro atoms. The third-order valence-electron chi connectivity index (χ3n) is 1.63. The Morgan fingerprint density at radius 1 is 1.12 bits per heavy atom. The monoisotopic (exact) mass is 306 g/mol. The van der Waals surface area contributed by atoms with Gasteiger partial charge in [0.2, 0.25) is 3.79 Å². The van der Waals surface area contributed by atoms with Crippen LogP contribution in [0.15, 0.2) is 24.3 Å². The highest BCUT2D eigenvalue weighted by molar-refractivity contribution is 6.66. The maximum Gasteiger partial charge on any atom is 0.491 e. The van der Waals surface area contributed by atoms with E-state index in [1.54, 1.807) is 0 Å². The van der Waals surface area contributed by atoms with Crippen molar-refractivity contribution in [1.29, 1.82) is 0 Å². The second kappa shape index (κ2) is 4.92. The molecule has 0 aliphatic carbocycles. The quantitative estimate of drug-likeness (QED) is 0.445. The molecular formula is C9H4Cl3F3O2. The van der Waals surface area contributed by atoms with Crippen LogP contribution in [0.5, 0.6) is 5.75 Å². The van der Waals surface area contributed by atoms with E-state index in [1.165, 1.54) is 18.2 Å². The minimum atomic E-state index is -5.11. The van der Waals surface area contributed by atoms with Crippen molar-refractivity contribution in [2.24, 2.45) is 0 Å². The molecular weight excluding hydrogens is 303 g/mol. The maximum atomic E-state index is 12.0. The lowest BCUT2D eigenvalue weighted by molar-refractivity contribution is -0.189. The molecule has 1 aromatic rings. The molecule has 94 valence electrons. The van der Waals surface area contributed by atoms with Crippen LogP contribution in [0.2, 0.25) is 0 Å². The van der Waals surface area contributed by atoms with Gasteiger partial charge in [0.1, 0.15) is 5.75 Å². The van der Waals surface area contributed by atoms with Gasteiger partial charge in [-0.15, -0.1) is 0 Å². The molecule has 0 aliphatic rings. The van der Waals surface area contributed by atoms with E-state index in [-0.39, 0.29) is 5.56 Å². The molecule has 0 unspecified atom stereocenters. The van der Waals surface area contributed by atoms with Crippen LogP contribution >= 0.6 is 34.8 Å². The Bertz CT molecular complexity index is 426. The van der Waals surface area contributed by atoms with Gasteiger partial charge in [-0.05, 0) is 6.07 Å². The second-order valence-corrected chi connectivity index (χ2v) is 5.16. The average Bonchev–Trinajstić information content (AvgIpc) is 2.15. The van der Waals surface area contributed by atoms with E-state index in [9.17, 15) is 18.0 Å². The summed E-state index contributed by atoms with van der Waals surface area (Å²) in [4.78, 5) is 10.6. The summed E-state index contributed by atoms with van der Waals surface area (Å²) in [5.74, 6) is -2.82. The van der Waals surface area contributed by atoms with Gasteiger partial charge < -0.3 is 4.74 Å². The van der Waals surface area contributed by atoms with Crippen molar-refractivity contribution in [2.75, 3.05) is 0 Å². The summed E-state index contributed by atoms with van der Waals surface area (Å²) in [6.07, 6.45) is -5.11. The third kappa shape index (κ3) is 3.94. The summed E-state index contributed by atoms with van der Waals surface area (Å²) in [7, 11) is 0. The van der Waals surface area contributed by atoms with Crippen molar-refractivity contribution in [3.05, 3.63) is 29.8 Å².